The summed E-state index contributed by atoms with van der Waals surface area (Å²) in [5.41, 5.74) is 1.12. The summed E-state index contributed by atoms with van der Waals surface area (Å²) >= 11 is 1.59. The summed E-state index contributed by atoms with van der Waals surface area (Å²) in [6.45, 7) is 4.89. The number of imidazole rings is 1. The van der Waals surface area contributed by atoms with Crippen LogP contribution in [0.2, 0.25) is 0 Å². The lowest BCUT2D eigenvalue weighted by Gasteiger charge is -2.40. The van der Waals surface area contributed by atoms with Crippen LogP contribution >= 0.6 is 11.3 Å². The van der Waals surface area contributed by atoms with Crippen molar-refractivity contribution >= 4 is 17.2 Å². The zero-order chi connectivity index (χ0) is 16.6. The van der Waals surface area contributed by atoms with E-state index in [1.54, 1.807) is 11.3 Å². The van der Waals surface area contributed by atoms with Crippen molar-refractivity contribution in [1.82, 2.24) is 19.4 Å². The van der Waals surface area contributed by atoms with E-state index in [0.717, 1.165) is 50.5 Å². The molecular formula is C18H24N4OS. The number of amides is 1. The number of carbonyl (C=O) groups is 1. The van der Waals surface area contributed by atoms with Crippen molar-refractivity contribution in [2.45, 2.75) is 25.8 Å². The van der Waals surface area contributed by atoms with Crippen LogP contribution in [0.15, 0.2) is 29.2 Å². The molecule has 4 heterocycles. The second-order valence-corrected chi connectivity index (χ2v) is 8.04. The molecule has 0 saturated carbocycles. The van der Waals surface area contributed by atoms with E-state index in [1.165, 1.54) is 12.8 Å². The summed E-state index contributed by atoms with van der Waals surface area (Å²) in [5.74, 6) is 1.33. The molecule has 1 amide bonds. The molecule has 0 bridgehead atoms. The lowest BCUT2D eigenvalue weighted by Crippen LogP contribution is -2.47. The summed E-state index contributed by atoms with van der Waals surface area (Å²) < 4.78 is 2.10. The van der Waals surface area contributed by atoms with Gasteiger partial charge in [0.15, 0.2) is 0 Å². The highest BCUT2D eigenvalue weighted by atomic mass is 32.1. The minimum absolute atomic E-state index is 0.206. The molecule has 128 valence electrons. The van der Waals surface area contributed by atoms with Crippen LogP contribution in [0, 0.1) is 5.41 Å². The SMILES string of the molecule is Cn1ccnc1CN1CCC2(CCCN(C(=O)c3ccsc3)C2)C1. The average Bonchev–Trinajstić information content (AvgIpc) is 3.31. The Morgan fingerprint density at radius 3 is 3.00 bits per heavy atom. The molecule has 1 spiro atoms. The van der Waals surface area contributed by atoms with Crippen LogP contribution in [0.4, 0.5) is 0 Å². The van der Waals surface area contributed by atoms with Crippen molar-refractivity contribution in [2.75, 3.05) is 26.2 Å². The van der Waals surface area contributed by atoms with E-state index in [2.05, 4.69) is 26.4 Å². The molecule has 1 unspecified atom stereocenters. The molecule has 2 saturated heterocycles. The second-order valence-electron chi connectivity index (χ2n) is 7.26. The van der Waals surface area contributed by atoms with Gasteiger partial charge in [0, 0.05) is 49.9 Å². The Morgan fingerprint density at radius 2 is 2.25 bits per heavy atom. The number of aromatic nitrogens is 2. The van der Waals surface area contributed by atoms with Crippen LogP contribution in [-0.2, 0) is 13.6 Å². The maximum absolute atomic E-state index is 12.7. The maximum Gasteiger partial charge on any atom is 0.254 e. The van der Waals surface area contributed by atoms with Gasteiger partial charge in [0.25, 0.3) is 5.91 Å². The largest absolute Gasteiger partial charge is 0.338 e. The fourth-order valence-electron chi connectivity index (χ4n) is 4.19. The van der Waals surface area contributed by atoms with Crippen molar-refractivity contribution in [1.29, 1.82) is 0 Å². The standard InChI is InChI=1S/C18H24N4OS/c1-20-9-6-19-16(20)11-21-8-5-18(13-21)4-2-7-22(14-18)17(23)15-3-10-24-12-15/h3,6,9-10,12H,2,4-5,7-8,11,13-14H2,1H3. The lowest BCUT2D eigenvalue weighted by atomic mass is 9.79. The summed E-state index contributed by atoms with van der Waals surface area (Å²) in [7, 11) is 2.05. The first-order chi connectivity index (χ1) is 11.7. The first-order valence-corrected chi connectivity index (χ1v) is 9.60. The molecule has 0 aromatic carbocycles. The third-order valence-corrected chi connectivity index (χ3v) is 6.20. The molecule has 2 aromatic heterocycles. The van der Waals surface area contributed by atoms with E-state index >= 15 is 0 Å². The molecule has 1 atom stereocenters. The highest BCUT2D eigenvalue weighted by Gasteiger charge is 2.42. The highest BCUT2D eigenvalue weighted by Crippen LogP contribution is 2.39. The molecule has 0 N–H and O–H groups in total. The Balaban J connectivity index is 1.42. The van der Waals surface area contributed by atoms with Crippen molar-refractivity contribution in [3.63, 3.8) is 0 Å². The molecule has 6 heteroatoms. The Morgan fingerprint density at radius 1 is 1.33 bits per heavy atom. The molecule has 5 nitrogen and oxygen atoms in total. The summed E-state index contributed by atoms with van der Waals surface area (Å²) in [5, 5.41) is 3.95. The molecule has 0 radical (unpaired) electrons. The van der Waals surface area contributed by atoms with E-state index in [9.17, 15) is 4.79 Å². The summed E-state index contributed by atoms with van der Waals surface area (Å²) in [6, 6.07) is 1.94. The predicted octanol–water partition coefficient (Wildman–Crippen LogP) is 2.61. The zero-order valence-electron chi connectivity index (χ0n) is 14.1. The van der Waals surface area contributed by atoms with Gasteiger partial charge in [0.05, 0.1) is 12.1 Å². The van der Waals surface area contributed by atoms with Crippen molar-refractivity contribution in [3.8, 4) is 0 Å². The highest BCUT2D eigenvalue weighted by molar-refractivity contribution is 7.08. The van der Waals surface area contributed by atoms with Crippen molar-refractivity contribution in [3.05, 3.63) is 40.6 Å². The average molecular weight is 344 g/mol. The van der Waals surface area contributed by atoms with Gasteiger partial charge in [-0.1, -0.05) is 0 Å². The number of carbonyl (C=O) groups excluding carboxylic acids is 1. The number of piperidine rings is 1. The first kappa shape index (κ1) is 15.8. The number of hydrogen-bond acceptors (Lipinski definition) is 4. The van der Waals surface area contributed by atoms with Crippen LogP contribution in [0.25, 0.3) is 0 Å². The number of likely N-dealkylation sites (tertiary alicyclic amines) is 2. The smallest absolute Gasteiger partial charge is 0.254 e. The van der Waals surface area contributed by atoms with Crippen LogP contribution < -0.4 is 0 Å². The molecule has 4 rings (SSSR count). The number of aryl methyl sites for hydroxylation is 1. The van der Waals surface area contributed by atoms with Crippen LogP contribution in [0.3, 0.4) is 0 Å². The Hall–Kier alpha value is -1.66. The van der Waals surface area contributed by atoms with Crippen LogP contribution in [0.1, 0.15) is 35.4 Å². The van der Waals surface area contributed by atoms with E-state index in [0.29, 0.717) is 0 Å². The minimum atomic E-state index is 0.206. The molecule has 2 fully saturated rings. The Kier molecular flexibility index (Phi) is 4.18. The first-order valence-electron chi connectivity index (χ1n) is 8.65. The fourth-order valence-corrected chi connectivity index (χ4v) is 4.82. The Bertz CT molecular complexity index is 710. The van der Waals surface area contributed by atoms with Gasteiger partial charge in [-0.25, -0.2) is 4.98 Å². The van der Waals surface area contributed by atoms with Gasteiger partial charge in [-0.3, -0.25) is 9.69 Å². The summed E-state index contributed by atoms with van der Waals surface area (Å²) in [6.07, 6.45) is 7.40. The van der Waals surface area contributed by atoms with Gasteiger partial charge in [-0.2, -0.15) is 11.3 Å². The molecule has 2 aromatic rings. The molecule has 24 heavy (non-hydrogen) atoms. The van der Waals surface area contributed by atoms with Gasteiger partial charge < -0.3 is 9.47 Å². The quantitative estimate of drug-likeness (QED) is 0.859. The number of rotatable bonds is 3. The summed E-state index contributed by atoms with van der Waals surface area (Å²) in [4.78, 5) is 21.7. The van der Waals surface area contributed by atoms with Gasteiger partial charge in [0.2, 0.25) is 0 Å². The molecular weight excluding hydrogens is 320 g/mol. The van der Waals surface area contributed by atoms with E-state index < -0.39 is 0 Å². The van der Waals surface area contributed by atoms with E-state index in [-0.39, 0.29) is 11.3 Å². The lowest BCUT2D eigenvalue weighted by molar-refractivity contribution is 0.0526. The molecule has 2 aliphatic rings. The number of hydrogen-bond donors (Lipinski definition) is 0. The third kappa shape index (κ3) is 3.00. The van der Waals surface area contributed by atoms with Crippen LogP contribution in [0.5, 0.6) is 0 Å². The number of thiophene rings is 1. The van der Waals surface area contributed by atoms with Crippen molar-refractivity contribution in [2.24, 2.45) is 12.5 Å². The van der Waals surface area contributed by atoms with Gasteiger partial charge in [0.1, 0.15) is 5.82 Å². The Labute approximate surface area is 146 Å². The van der Waals surface area contributed by atoms with Gasteiger partial charge in [-0.15, -0.1) is 0 Å². The normalized spacial score (nSPS) is 24.8. The van der Waals surface area contributed by atoms with E-state index in [4.69, 9.17) is 0 Å². The molecule has 0 aliphatic carbocycles. The topological polar surface area (TPSA) is 41.4 Å². The minimum Gasteiger partial charge on any atom is -0.338 e. The second kappa shape index (κ2) is 6.33. The maximum atomic E-state index is 12.7. The zero-order valence-corrected chi connectivity index (χ0v) is 15.0. The predicted molar refractivity (Wildman–Crippen MR) is 95.0 cm³/mol. The van der Waals surface area contributed by atoms with E-state index in [1.807, 2.05) is 29.2 Å². The van der Waals surface area contributed by atoms with Crippen LogP contribution in [-0.4, -0.2) is 51.4 Å². The molecule has 2 aliphatic heterocycles. The fraction of sp³-hybridized carbons (Fsp3) is 0.556. The van der Waals surface area contributed by atoms with Gasteiger partial charge >= 0.3 is 0 Å². The number of nitrogens with zero attached hydrogens (tertiary/aromatic N) is 4. The monoisotopic (exact) mass is 344 g/mol. The van der Waals surface area contributed by atoms with Crippen molar-refractivity contribution < 1.29 is 4.79 Å². The van der Waals surface area contributed by atoms with Gasteiger partial charge in [-0.05, 0) is 37.3 Å². The third-order valence-electron chi connectivity index (χ3n) is 5.52.